The number of nitrogens with zero attached hydrogens (tertiary/aromatic N) is 4. The third kappa shape index (κ3) is 3.33. The summed E-state index contributed by atoms with van der Waals surface area (Å²) in [5, 5.41) is 13.5. The van der Waals surface area contributed by atoms with Crippen molar-refractivity contribution in [3.63, 3.8) is 0 Å². The Labute approximate surface area is 163 Å². The summed E-state index contributed by atoms with van der Waals surface area (Å²) < 4.78 is 1.84. The number of carbonyl (C=O) groups is 1. The molecule has 4 heterocycles. The highest BCUT2D eigenvalue weighted by Gasteiger charge is 2.28. The first-order chi connectivity index (χ1) is 13.8. The smallest absolute Gasteiger partial charge is 0.244 e. The van der Waals surface area contributed by atoms with E-state index in [9.17, 15) is 4.79 Å². The van der Waals surface area contributed by atoms with Crippen LogP contribution in [0.15, 0.2) is 42.6 Å². The molecule has 0 radical (unpaired) electrons. The first-order valence-electron chi connectivity index (χ1n) is 9.95. The van der Waals surface area contributed by atoms with Gasteiger partial charge in [0.1, 0.15) is 12.4 Å². The largest absolute Gasteiger partial charge is 0.338 e. The minimum Gasteiger partial charge on any atom is -0.338 e. The quantitative estimate of drug-likeness (QED) is 0.734. The van der Waals surface area contributed by atoms with Crippen LogP contribution in [-0.2, 0) is 17.8 Å². The molecular formula is C21H24N6O. The Morgan fingerprint density at radius 2 is 1.89 bits per heavy atom. The zero-order valence-corrected chi connectivity index (χ0v) is 15.8. The Morgan fingerprint density at radius 1 is 1.07 bits per heavy atom. The third-order valence-corrected chi connectivity index (χ3v) is 5.71. The van der Waals surface area contributed by atoms with Crippen molar-refractivity contribution in [3.05, 3.63) is 48.3 Å². The van der Waals surface area contributed by atoms with Gasteiger partial charge in [-0.2, -0.15) is 5.10 Å². The lowest BCUT2D eigenvalue weighted by Crippen LogP contribution is -2.47. The van der Waals surface area contributed by atoms with Gasteiger partial charge in [0.05, 0.1) is 0 Å². The van der Waals surface area contributed by atoms with E-state index in [-0.39, 0.29) is 5.91 Å². The Morgan fingerprint density at radius 3 is 2.75 bits per heavy atom. The number of fused-ring (bicyclic) bond motifs is 2. The van der Waals surface area contributed by atoms with E-state index in [1.807, 2.05) is 41.2 Å². The van der Waals surface area contributed by atoms with Gasteiger partial charge in [-0.25, -0.2) is 4.98 Å². The van der Waals surface area contributed by atoms with Gasteiger partial charge in [0.15, 0.2) is 5.82 Å². The van der Waals surface area contributed by atoms with E-state index in [1.165, 1.54) is 0 Å². The van der Waals surface area contributed by atoms with Crippen LogP contribution in [-0.4, -0.2) is 51.2 Å². The second-order valence-electron chi connectivity index (χ2n) is 7.54. The number of hydrogen-bond donors (Lipinski definition) is 2. The molecule has 0 saturated carbocycles. The first-order valence-corrected chi connectivity index (χ1v) is 9.95. The maximum Gasteiger partial charge on any atom is 0.244 e. The molecule has 7 heteroatoms. The van der Waals surface area contributed by atoms with Crippen LogP contribution >= 0.6 is 0 Å². The fourth-order valence-electron chi connectivity index (χ4n) is 4.22. The van der Waals surface area contributed by atoms with Gasteiger partial charge in [0.25, 0.3) is 0 Å². The molecule has 1 saturated heterocycles. The predicted molar refractivity (Wildman–Crippen MR) is 109 cm³/mol. The van der Waals surface area contributed by atoms with Crippen molar-refractivity contribution >= 4 is 28.3 Å². The standard InChI is InChI=1S/C21H24N6O/c28-21-14-27-18(7-10-26(21)17-5-8-22-9-6-17)12-20(25-27)24-19-11-15-3-1-2-4-16(15)13-23-19/h1-4,11-13,17,22H,5-10,14H2,(H,23,24,25). The fraction of sp³-hybridized carbons (Fsp3) is 0.381. The molecule has 0 bridgehead atoms. The number of pyridine rings is 1. The van der Waals surface area contributed by atoms with Crippen LogP contribution in [0.3, 0.4) is 0 Å². The van der Waals surface area contributed by atoms with Gasteiger partial charge in [-0.15, -0.1) is 0 Å². The number of piperidine rings is 1. The van der Waals surface area contributed by atoms with Crippen LogP contribution in [0.4, 0.5) is 11.6 Å². The highest BCUT2D eigenvalue weighted by molar-refractivity contribution is 5.84. The van der Waals surface area contributed by atoms with Crippen LogP contribution in [0.25, 0.3) is 10.8 Å². The molecule has 0 spiro atoms. The lowest BCUT2D eigenvalue weighted by Gasteiger charge is -2.33. The van der Waals surface area contributed by atoms with Crippen LogP contribution in [0.2, 0.25) is 0 Å². The average molecular weight is 376 g/mol. The lowest BCUT2D eigenvalue weighted by atomic mass is 10.0. The van der Waals surface area contributed by atoms with Crippen molar-refractivity contribution in [3.8, 4) is 0 Å². The predicted octanol–water partition coefficient (Wildman–Crippen LogP) is 2.31. The summed E-state index contributed by atoms with van der Waals surface area (Å²) >= 11 is 0. The van der Waals surface area contributed by atoms with E-state index < -0.39 is 0 Å². The molecule has 1 amide bonds. The second-order valence-corrected chi connectivity index (χ2v) is 7.54. The van der Waals surface area contributed by atoms with Gasteiger partial charge in [-0.05, 0) is 37.4 Å². The summed E-state index contributed by atoms with van der Waals surface area (Å²) in [4.78, 5) is 19.3. The number of nitrogens with one attached hydrogen (secondary N) is 2. The zero-order valence-electron chi connectivity index (χ0n) is 15.8. The van der Waals surface area contributed by atoms with Crippen LogP contribution < -0.4 is 10.6 Å². The number of anilines is 2. The number of hydrogen-bond acceptors (Lipinski definition) is 5. The number of carbonyl (C=O) groups excluding carboxylic acids is 1. The number of rotatable bonds is 3. The minimum atomic E-state index is 0.170. The molecule has 5 rings (SSSR count). The molecule has 2 aromatic heterocycles. The van der Waals surface area contributed by atoms with E-state index >= 15 is 0 Å². The van der Waals surface area contributed by atoms with Crippen LogP contribution in [0.5, 0.6) is 0 Å². The molecule has 2 N–H and O–H groups in total. The maximum atomic E-state index is 12.8. The Bertz CT molecular complexity index is 1010. The molecule has 2 aliphatic heterocycles. The molecule has 2 aliphatic rings. The molecule has 1 fully saturated rings. The lowest BCUT2D eigenvalue weighted by molar-refractivity contribution is -0.134. The number of amides is 1. The molecule has 1 aromatic carbocycles. The van der Waals surface area contributed by atoms with E-state index in [1.54, 1.807) is 0 Å². The Kier molecular flexibility index (Phi) is 4.44. The number of benzene rings is 1. The van der Waals surface area contributed by atoms with E-state index in [2.05, 4.69) is 31.7 Å². The van der Waals surface area contributed by atoms with Gasteiger partial charge in [0.2, 0.25) is 5.91 Å². The van der Waals surface area contributed by atoms with E-state index in [4.69, 9.17) is 0 Å². The monoisotopic (exact) mass is 376 g/mol. The summed E-state index contributed by atoms with van der Waals surface area (Å²) in [5.74, 6) is 1.67. The van der Waals surface area contributed by atoms with Crippen molar-refractivity contribution < 1.29 is 4.79 Å². The minimum absolute atomic E-state index is 0.170. The molecule has 0 unspecified atom stereocenters. The molecule has 7 nitrogen and oxygen atoms in total. The van der Waals surface area contributed by atoms with E-state index in [0.29, 0.717) is 12.6 Å². The van der Waals surface area contributed by atoms with Gasteiger partial charge >= 0.3 is 0 Å². The molecular weight excluding hydrogens is 352 g/mol. The molecule has 0 atom stereocenters. The van der Waals surface area contributed by atoms with Crippen LogP contribution in [0.1, 0.15) is 18.5 Å². The summed E-state index contributed by atoms with van der Waals surface area (Å²) in [6.45, 7) is 3.06. The fourth-order valence-corrected chi connectivity index (χ4v) is 4.22. The highest BCUT2D eigenvalue weighted by Crippen LogP contribution is 2.22. The van der Waals surface area contributed by atoms with Crippen molar-refractivity contribution in [2.24, 2.45) is 0 Å². The topological polar surface area (TPSA) is 75.1 Å². The normalized spacial score (nSPS) is 18.1. The third-order valence-electron chi connectivity index (χ3n) is 5.71. The van der Waals surface area contributed by atoms with Gasteiger partial charge in [0, 0.05) is 42.4 Å². The summed E-state index contributed by atoms with van der Waals surface area (Å²) in [5.41, 5.74) is 1.09. The molecule has 0 aliphatic carbocycles. The van der Waals surface area contributed by atoms with Crippen molar-refractivity contribution in [1.82, 2.24) is 25.0 Å². The van der Waals surface area contributed by atoms with Gasteiger partial charge in [-0.3, -0.25) is 9.48 Å². The molecule has 28 heavy (non-hydrogen) atoms. The summed E-state index contributed by atoms with van der Waals surface area (Å²) in [6.07, 6.45) is 4.76. The van der Waals surface area contributed by atoms with Crippen molar-refractivity contribution in [2.75, 3.05) is 25.0 Å². The Hall–Kier alpha value is -2.93. The van der Waals surface area contributed by atoms with Crippen molar-refractivity contribution in [1.29, 1.82) is 0 Å². The summed E-state index contributed by atoms with van der Waals surface area (Å²) in [6, 6.07) is 12.6. The average Bonchev–Trinajstić information content (AvgIpc) is 3.02. The van der Waals surface area contributed by atoms with Gasteiger partial charge < -0.3 is 15.5 Å². The second kappa shape index (κ2) is 7.24. The SMILES string of the molecule is O=C1Cn2nc(Nc3cc4ccccc4cn3)cc2CCN1C1CCNCC1. The summed E-state index contributed by atoms with van der Waals surface area (Å²) in [7, 11) is 0. The number of aromatic nitrogens is 3. The maximum absolute atomic E-state index is 12.8. The molecule has 3 aromatic rings. The zero-order chi connectivity index (χ0) is 18.9. The van der Waals surface area contributed by atoms with Crippen LogP contribution in [0, 0.1) is 0 Å². The Balaban J connectivity index is 1.32. The van der Waals surface area contributed by atoms with Gasteiger partial charge in [-0.1, -0.05) is 24.3 Å². The first kappa shape index (κ1) is 17.2. The van der Waals surface area contributed by atoms with E-state index in [0.717, 1.165) is 67.0 Å². The van der Waals surface area contributed by atoms with Crippen molar-refractivity contribution in [2.45, 2.75) is 31.8 Å². The highest BCUT2D eigenvalue weighted by atomic mass is 16.2. The molecule has 144 valence electrons.